The van der Waals surface area contributed by atoms with Gasteiger partial charge in [-0.1, -0.05) is 0 Å². The van der Waals surface area contributed by atoms with E-state index < -0.39 is 4.92 Å². The van der Waals surface area contributed by atoms with Gasteiger partial charge >= 0.3 is 5.82 Å². The van der Waals surface area contributed by atoms with Gasteiger partial charge in [0.15, 0.2) is 12.4 Å². The Labute approximate surface area is 122 Å². The smallest absolute Gasteiger partial charge is 0.343 e. The summed E-state index contributed by atoms with van der Waals surface area (Å²) in [5.41, 5.74) is 2.51. The molecule has 0 aliphatic carbocycles. The van der Waals surface area contributed by atoms with Crippen molar-refractivity contribution in [2.45, 2.75) is 40.8 Å². The highest BCUT2D eigenvalue weighted by atomic mass is 16.6. The van der Waals surface area contributed by atoms with Crippen LogP contribution in [0.1, 0.15) is 34.5 Å². The van der Waals surface area contributed by atoms with Crippen LogP contribution in [-0.2, 0) is 13.1 Å². The lowest BCUT2D eigenvalue weighted by atomic mass is 10.1. The minimum Gasteiger partial charge on any atom is -0.358 e. The minimum atomic E-state index is -0.525. The van der Waals surface area contributed by atoms with Crippen molar-refractivity contribution in [2.75, 3.05) is 0 Å². The molecule has 2 aromatic rings. The molecule has 0 fully saturated rings. The van der Waals surface area contributed by atoms with E-state index in [9.17, 15) is 14.9 Å². The predicted octanol–water partition coefficient (Wildman–Crippen LogP) is 2.42. The molecule has 0 atom stereocenters. The van der Waals surface area contributed by atoms with Crippen LogP contribution in [0, 0.1) is 30.9 Å². The number of imidazole rings is 1. The van der Waals surface area contributed by atoms with Crippen LogP contribution >= 0.6 is 0 Å². The second-order valence-corrected chi connectivity index (χ2v) is 4.96. The first kappa shape index (κ1) is 15.0. The van der Waals surface area contributed by atoms with E-state index >= 15 is 0 Å². The zero-order valence-corrected chi connectivity index (χ0v) is 12.6. The standard InChI is InChI=1S/C14H18N4O3/c1-5-16-9(2)6-12(10(16)3)13(19)8-17-11(4)15-7-14(17)18(20)21/h6-7H,5,8H2,1-4H3. The van der Waals surface area contributed by atoms with E-state index in [0.29, 0.717) is 11.4 Å². The lowest BCUT2D eigenvalue weighted by Crippen LogP contribution is -2.14. The summed E-state index contributed by atoms with van der Waals surface area (Å²) in [6.45, 7) is 8.21. The third-order valence-corrected chi connectivity index (χ3v) is 3.71. The molecule has 0 bridgehead atoms. The third-order valence-electron chi connectivity index (χ3n) is 3.71. The van der Waals surface area contributed by atoms with E-state index in [1.165, 1.54) is 10.8 Å². The van der Waals surface area contributed by atoms with Gasteiger partial charge in [-0.05, 0) is 31.8 Å². The molecule has 0 radical (unpaired) electrons. The van der Waals surface area contributed by atoms with Crippen LogP contribution in [0.15, 0.2) is 12.3 Å². The Morgan fingerprint density at radius 2 is 2.00 bits per heavy atom. The zero-order valence-electron chi connectivity index (χ0n) is 12.6. The molecular formula is C14H18N4O3. The summed E-state index contributed by atoms with van der Waals surface area (Å²) in [5, 5.41) is 11.0. The van der Waals surface area contributed by atoms with Crippen LogP contribution in [0.2, 0.25) is 0 Å². The van der Waals surface area contributed by atoms with Crippen molar-refractivity contribution < 1.29 is 9.72 Å². The molecule has 0 aliphatic heterocycles. The van der Waals surface area contributed by atoms with Gasteiger partial charge in [0.25, 0.3) is 0 Å². The van der Waals surface area contributed by atoms with Gasteiger partial charge in [0, 0.05) is 30.4 Å². The summed E-state index contributed by atoms with van der Waals surface area (Å²) in [6, 6.07) is 1.83. The first-order chi connectivity index (χ1) is 9.86. The summed E-state index contributed by atoms with van der Waals surface area (Å²) in [4.78, 5) is 26.8. The molecule has 0 unspecified atom stereocenters. The van der Waals surface area contributed by atoms with E-state index in [1.807, 2.05) is 31.4 Å². The molecule has 0 N–H and O–H groups in total. The summed E-state index contributed by atoms with van der Waals surface area (Å²) >= 11 is 0. The Kier molecular flexibility index (Phi) is 3.93. The first-order valence-electron chi connectivity index (χ1n) is 6.73. The van der Waals surface area contributed by atoms with Crippen LogP contribution in [0.5, 0.6) is 0 Å². The molecule has 0 amide bonds. The fraction of sp³-hybridized carbons (Fsp3) is 0.429. The monoisotopic (exact) mass is 290 g/mol. The Morgan fingerprint density at radius 1 is 1.33 bits per heavy atom. The predicted molar refractivity (Wildman–Crippen MR) is 77.5 cm³/mol. The third kappa shape index (κ3) is 2.58. The second-order valence-electron chi connectivity index (χ2n) is 4.96. The van der Waals surface area contributed by atoms with Crippen molar-refractivity contribution in [1.82, 2.24) is 14.1 Å². The first-order valence-corrected chi connectivity index (χ1v) is 6.73. The Morgan fingerprint density at radius 3 is 2.52 bits per heavy atom. The molecule has 0 spiro atoms. The second kappa shape index (κ2) is 5.51. The van der Waals surface area contributed by atoms with Crippen LogP contribution in [-0.4, -0.2) is 24.8 Å². The van der Waals surface area contributed by atoms with Gasteiger partial charge in [0.2, 0.25) is 5.78 Å². The number of carbonyl (C=O) groups is 1. The van der Waals surface area contributed by atoms with Crippen molar-refractivity contribution in [3.8, 4) is 0 Å². The minimum absolute atomic E-state index is 0.0733. The Hall–Kier alpha value is -2.44. The number of aryl methyl sites for hydroxylation is 2. The van der Waals surface area contributed by atoms with Gasteiger partial charge in [-0.25, -0.2) is 9.55 Å². The van der Waals surface area contributed by atoms with E-state index in [0.717, 1.165) is 17.9 Å². The van der Waals surface area contributed by atoms with Gasteiger partial charge in [-0.2, -0.15) is 0 Å². The topological polar surface area (TPSA) is 83.0 Å². The number of rotatable bonds is 5. The van der Waals surface area contributed by atoms with Crippen molar-refractivity contribution in [1.29, 1.82) is 0 Å². The fourth-order valence-corrected chi connectivity index (χ4v) is 2.60. The number of aromatic nitrogens is 3. The molecule has 0 saturated carbocycles. The molecule has 0 aromatic carbocycles. The zero-order chi connectivity index (χ0) is 15.7. The SMILES string of the molecule is CCn1c(C)cc(C(=O)Cn2c([N+](=O)[O-])cnc2C)c1C. The normalized spacial score (nSPS) is 10.9. The molecule has 0 saturated heterocycles. The number of nitrogens with zero attached hydrogens (tertiary/aromatic N) is 4. The highest BCUT2D eigenvalue weighted by Gasteiger charge is 2.23. The van der Waals surface area contributed by atoms with Crippen molar-refractivity contribution in [3.63, 3.8) is 0 Å². The summed E-state index contributed by atoms with van der Waals surface area (Å²) in [5.74, 6) is 0.150. The molecule has 7 heteroatoms. The molecule has 7 nitrogen and oxygen atoms in total. The molecular weight excluding hydrogens is 272 g/mol. The number of hydrogen-bond donors (Lipinski definition) is 0. The largest absolute Gasteiger partial charge is 0.358 e. The highest BCUT2D eigenvalue weighted by Crippen LogP contribution is 2.19. The molecule has 2 heterocycles. The van der Waals surface area contributed by atoms with Crippen molar-refractivity contribution in [2.24, 2.45) is 0 Å². The Bertz CT molecular complexity index is 712. The van der Waals surface area contributed by atoms with Crippen LogP contribution in [0.4, 0.5) is 5.82 Å². The van der Waals surface area contributed by atoms with Crippen LogP contribution in [0.3, 0.4) is 0 Å². The average molecular weight is 290 g/mol. The molecule has 0 aliphatic rings. The van der Waals surface area contributed by atoms with Gasteiger partial charge in [0.05, 0.1) is 0 Å². The summed E-state index contributed by atoms with van der Waals surface area (Å²) in [7, 11) is 0. The number of carbonyl (C=O) groups excluding carboxylic acids is 1. The molecule has 112 valence electrons. The molecule has 2 aromatic heterocycles. The van der Waals surface area contributed by atoms with E-state index in [2.05, 4.69) is 4.98 Å². The maximum atomic E-state index is 12.5. The summed E-state index contributed by atoms with van der Waals surface area (Å²) in [6.07, 6.45) is 1.18. The van der Waals surface area contributed by atoms with E-state index in [-0.39, 0.29) is 18.1 Å². The fourth-order valence-electron chi connectivity index (χ4n) is 2.60. The van der Waals surface area contributed by atoms with Crippen molar-refractivity contribution in [3.05, 3.63) is 45.2 Å². The lowest BCUT2D eigenvalue weighted by Gasteiger charge is -2.06. The highest BCUT2D eigenvalue weighted by molar-refractivity contribution is 5.97. The van der Waals surface area contributed by atoms with Gasteiger partial charge in [-0.3, -0.25) is 4.79 Å². The van der Waals surface area contributed by atoms with E-state index in [1.54, 1.807) is 6.92 Å². The number of nitro groups is 1. The number of Topliss-reactive ketones (excluding diaryl/α,β-unsaturated/α-hetero) is 1. The van der Waals surface area contributed by atoms with Gasteiger partial charge < -0.3 is 14.7 Å². The average Bonchev–Trinajstić information content (AvgIpc) is 2.91. The summed E-state index contributed by atoms with van der Waals surface area (Å²) < 4.78 is 3.38. The maximum Gasteiger partial charge on any atom is 0.343 e. The molecule has 2 rings (SSSR count). The quantitative estimate of drug-likeness (QED) is 0.481. The van der Waals surface area contributed by atoms with Crippen molar-refractivity contribution >= 4 is 11.6 Å². The molecule has 21 heavy (non-hydrogen) atoms. The Balaban J connectivity index is 2.35. The number of hydrogen-bond acceptors (Lipinski definition) is 4. The maximum absolute atomic E-state index is 12.5. The van der Waals surface area contributed by atoms with Gasteiger partial charge in [0.1, 0.15) is 6.20 Å². The van der Waals surface area contributed by atoms with Crippen LogP contribution < -0.4 is 0 Å². The van der Waals surface area contributed by atoms with Crippen LogP contribution in [0.25, 0.3) is 0 Å². The lowest BCUT2D eigenvalue weighted by molar-refractivity contribution is -0.392. The number of ketones is 1. The van der Waals surface area contributed by atoms with E-state index in [4.69, 9.17) is 0 Å². The van der Waals surface area contributed by atoms with Gasteiger partial charge in [-0.15, -0.1) is 0 Å².